The summed E-state index contributed by atoms with van der Waals surface area (Å²) in [6.07, 6.45) is 0.367. The van der Waals surface area contributed by atoms with E-state index in [0.717, 1.165) is 23.4 Å². The summed E-state index contributed by atoms with van der Waals surface area (Å²) < 4.78 is 26.6. The van der Waals surface area contributed by atoms with Gasteiger partial charge in [-0.3, -0.25) is 4.68 Å². The van der Waals surface area contributed by atoms with Crippen LogP contribution < -0.4 is 5.32 Å². The quantitative estimate of drug-likeness (QED) is 0.896. The molecule has 0 fully saturated rings. The van der Waals surface area contributed by atoms with Gasteiger partial charge in [0.2, 0.25) is 0 Å². The van der Waals surface area contributed by atoms with Crippen LogP contribution in [0.3, 0.4) is 0 Å². The molecule has 19 heavy (non-hydrogen) atoms. The highest BCUT2D eigenvalue weighted by molar-refractivity contribution is 5.46. The van der Waals surface area contributed by atoms with Crippen LogP contribution in [0.2, 0.25) is 0 Å². The number of benzene rings is 1. The van der Waals surface area contributed by atoms with Crippen LogP contribution in [0.4, 0.5) is 14.5 Å². The molecule has 0 atom stereocenters. The molecule has 2 aromatic rings. The van der Waals surface area contributed by atoms with E-state index in [1.165, 1.54) is 12.1 Å². The van der Waals surface area contributed by atoms with E-state index in [4.69, 9.17) is 0 Å². The fourth-order valence-corrected chi connectivity index (χ4v) is 1.92. The lowest BCUT2D eigenvalue weighted by molar-refractivity contribution is 0.151. The van der Waals surface area contributed by atoms with E-state index in [-0.39, 0.29) is 5.56 Å². The molecule has 1 N–H and O–H groups in total. The molecule has 1 aromatic heterocycles. The Kier molecular flexibility index (Phi) is 4.14. The predicted molar refractivity (Wildman–Crippen MR) is 71.3 cm³/mol. The minimum absolute atomic E-state index is 0.0550. The third-order valence-corrected chi connectivity index (χ3v) is 2.95. The first kappa shape index (κ1) is 13.5. The van der Waals surface area contributed by atoms with E-state index in [0.29, 0.717) is 6.54 Å². The Morgan fingerprint density at radius 2 is 1.95 bits per heavy atom. The third kappa shape index (κ3) is 3.30. The van der Waals surface area contributed by atoms with Gasteiger partial charge in [0.25, 0.3) is 6.43 Å². The van der Waals surface area contributed by atoms with Gasteiger partial charge in [-0.2, -0.15) is 5.10 Å². The summed E-state index contributed by atoms with van der Waals surface area (Å²) in [6, 6.07) is 6.37. The molecule has 0 radical (unpaired) electrons. The molecule has 0 spiro atoms. The summed E-state index contributed by atoms with van der Waals surface area (Å²) in [6.45, 7) is 2.65. The smallest absolute Gasteiger partial charge is 0.263 e. The van der Waals surface area contributed by atoms with Crippen molar-refractivity contribution in [2.24, 2.45) is 7.05 Å². The van der Waals surface area contributed by atoms with E-state index < -0.39 is 6.43 Å². The zero-order chi connectivity index (χ0) is 13.8. The Balaban J connectivity index is 2.01. The Labute approximate surface area is 111 Å². The second-order valence-corrected chi connectivity index (χ2v) is 4.41. The molecule has 0 unspecified atom stereocenters. The SMILES string of the molecule is CCc1nn(C)cc1NCc1ccc(C(F)F)cc1. The number of anilines is 1. The molecular weight excluding hydrogens is 248 g/mol. The number of hydrogen-bond donors (Lipinski definition) is 1. The van der Waals surface area contributed by atoms with Crippen molar-refractivity contribution < 1.29 is 8.78 Å². The minimum Gasteiger partial charge on any atom is -0.378 e. The van der Waals surface area contributed by atoms with Crippen molar-refractivity contribution in [1.29, 1.82) is 0 Å². The number of nitrogens with one attached hydrogen (secondary N) is 1. The van der Waals surface area contributed by atoms with E-state index in [1.807, 2.05) is 20.2 Å². The van der Waals surface area contributed by atoms with Crippen LogP contribution >= 0.6 is 0 Å². The van der Waals surface area contributed by atoms with Crippen molar-refractivity contribution in [3.05, 3.63) is 47.3 Å². The second-order valence-electron chi connectivity index (χ2n) is 4.41. The van der Waals surface area contributed by atoms with Crippen molar-refractivity contribution in [2.45, 2.75) is 26.3 Å². The maximum Gasteiger partial charge on any atom is 0.263 e. The van der Waals surface area contributed by atoms with Crippen LogP contribution in [0.1, 0.15) is 30.2 Å². The second kappa shape index (κ2) is 5.82. The maximum absolute atomic E-state index is 12.4. The van der Waals surface area contributed by atoms with Gasteiger partial charge in [0, 0.05) is 25.4 Å². The van der Waals surface area contributed by atoms with Gasteiger partial charge in [-0.15, -0.1) is 0 Å². The fraction of sp³-hybridized carbons (Fsp3) is 0.357. The summed E-state index contributed by atoms with van der Waals surface area (Å²) in [5, 5.41) is 7.61. The number of aryl methyl sites for hydroxylation is 2. The minimum atomic E-state index is -2.41. The maximum atomic E-state index is 12.4. The Hall–Kier alpha value is -1.91. The van der Waals surface area contributed by atoms with Crippen LogP contribution in [0.25, 0.3) is 0 Å². The molecule has 1 heterocycles. The summed E-state index contributed by atoms with van der Waals surface area (Å²) in [5.74, 6) is 0. The fourth-order valence-electron chi connectivity index (χ4n) is 1.92. The monoisotopic (exact) mass is 265 g/mol. The van der Waals surface area contributed by atoms with Crippen LogP contribution in [0.5, 0.6) is 0 Å². The molecule has 0 aliphatic rings. The van der Waals surface area contributed by atoms with Crippen LogP contribution in [0.15, 0.2) is 30.5 Å². The van der Waals surface area contributed by atoms with Gasteiger partial charge in [0.15, 0.2) is 0 Å². The standard InChI is InChI=1S/C14H17F2N3/c1-3-12-13(9-19(2)18-12)17-8-10-4-6-11(7-5-10)14(15)16/h4-7,9,14,17H,3,8H2,1-2H3. The van der Waals surface area contributed by atoms with Crippen LogP contribution in [-0.2, 0) is 20.0 Å². The zero-order valence-electron chi connectivity index (χ0n) is 11.0. The van der Waals surface area contributed by atoms with Crippen LogP contribution in [-0.4, -0.2) is 9.78 Å². The molecule has 3 nitrogen and oxygen atoms in total. The predicted octanol–water partition coefficient (Wildman–Crippen LogP) is 3.53. The number of nitrogens with zero attached hydrogens (tertiary/aromatic N) is 2. The first-order valence-electron chi connectivity index (χ1n) is 6.23. The van der Waals surface area contributed by atoms with Gasteiger partial charge in [-0.25, -0.2) is 8.78 Å². The molecule has 5 heteroatoms. The van der Waals surface area contributed by atoms with Gasteiger partial charge >= 0.3 is 0 Å². The Bertz CT molecular complexity index is 532. The molecule has 0 saturated heterocycles. The Morgan fingerprint density at radius 1 is 1.26 bits per heavy atom. The molecule has 0 amide bonds. The lowest BCUT2D eigenvalue weighted by Crippen LogP contribution is -2.01. The average molecular weight is 265 g/mol. The van der Waals surface area contributed by atoms with E-state index in [2.05, 4.69) is 10.4 Å². The number of rotatable bonds is 5. The van der Waals surface area contributed by atoms with E-state index in [1.54, 1.807) is 16.8 Å². The summed E-state index contributed by atoms with van der Waals surface area (Å²) >= 11 is 0. The topological polar surface area (TPSA) is 29.9 Å². The van der Waals surface area contributed by atoms with Gasteiger partial charge in [0.05, 0.1) is 11.4 Å². The van der Waals surface area contributed by atoms with Gasteiger partial charge in [-0.1, -0.05) is 31.2 Å². The molecule has 0 aliphatic heterocycles. The van der Waals surface area contributed by atoms with E-state index >= 15 is 0 Å². The first-order chi connectivity index (χ1) is 9.10. The summed E-state index contributed by atoms with van der Waals surface area (Å²) in [4.78, 5) is 0. The van der Waals surface area contributed by atoms with Crippen molar-refractivity contribution in [1.82, 2.24) is 9.78 Å². The van der Waals surface area contributed by atoms with Crippen molar-refractivity contribution in [3.63, 3.8) is 0 Å². The lowest BCUT2D eigenvalue weighted by Gasteiger charge is -2.06. The Morgan fingerprint density at radius 3 is 2.53 bits per heavy atom. The van der Waals surface area contributed by atoms with Gasteiger partial charge in [-0.05, 0) is 12.0 Å². The van der Waals surface area contributed by atoms with E-state index in [9.17, 15) is 8.78 Å². The number of hydrogen-bond acceptors (Lipinski definition) is 2. The number of halogens is 2. The molecule has 2 rings (SSSR count). The largest absolute Gasteiger partial charge is 0.378 e. The lowest BCUT2D eigenvalue weighted by atomic mass is 10.1. The summed E-state index contributed by atoms with van der Waals surface area (Å²) in [5.41, 5.74) is 3.02. The third-order valence-electron chi connectivity index (χ3n) is 2.95. The summed E-state index contributed by atoms with van der Waals surface area (Å²) in [7, 11) is 1.88. The highest BCUT2D eigenvalue weighted by Crippen LogP contribution is 2.20. The highest BCUT2D eigenvalue weighted by atomic mass is 19.3. The van der Waals surface area contributed by atoms with Crippen LogP contribution in [0, 0.1) is 0 Å². The number of aromatic nitrogens is 2. The zero-order valence-corrected chi connectivity index (χ0v) is 11.0. The molecular formula is C14H17F2N3. The molecule has 0 saturated carbocycles. The first-order valence-corrected chi connectivity index (χ1v) is 6.23. The molecule has 0 bridgehead atoms. The molecule has 0 aliphatic carbocycles. The highest BCUT2D eigenvalue weighted by Gasteiger charge is 2.07. The molecule has 102 valence electrons. The number of alkyl halides is 2. The van der Waals surface area contributed by atoms with Crippen molar-refractivity contribution in [3.8, 4) is 0 Å². The normalized spacial score (nSPS) is 11.0. The molecule has 1 aromatic carbocycles. The average Bonchev–Trinajstić information content (AvgIpc) is 2.77. The van der Waals surface area contributed by atoms with Crippen molar-refractivity contribution in [2.75, 3.05) is 5.32 Å². The van der Waals surface area contributed by atoms with Crippen molar-refractivity contribution >= 4 is 5.69 Å². The van der Waals surface area contributed by atoms with Gasteiger partial charge < -0.3 is 5.32 Å². The van der Waals surface area contributed by atoms with Gasteiger partial charge in [0.1, 0.15) is 0 Å².